The molecule has 30 heavy (non-hydrogen) atoms. The van der Waals surface area contributed by atoms with E-state index < -0.39 is 32.2 Å². The van der Waals surface area contributed by atoms with Gasteiger partial charge in [-0.25, -0.2) is 35.9 Å². The lowest BCUT2D eigenvalue weighted by Crippen LogP contribution is -2.41. The zero-order chi connectivity index (χ0) is 22.4. The lowest BCUT2D eigenvalue weighted by atomic mass is 10.2. The van der Waals surface area contributed by atoms with Gasteiger partial charge in [-0.05, 0) is 38.1 Å². The largest absolute Gasteiger partial charge is 0.447 e. The Labute approximate surface area is 174 Å². The highest BCUT2D eigenvalue weighted by Crippen LogP contribution is 2.10. The zero-order valence-corrected chi connectivity index (χ0v) is 17.8. The smallest absolute Gasteiger partial charge is 0.421 e. The number of sulfonamides is 2. The second kappa shape index (κ2) is 9.59. The Kier molecular flexibility index (Phi) is 7.40. The quantitative estimate of drug-likeness (QED) is 0.535. The van der Waals surface area contributed by atoms with Crippen molar-refractivity contribution in [3.8, 4) is 0 Å². The summed E-state index contributed by atoms with van der Waals surface area (Å²) in [5.41, 5.74) is 1.71. The van der Waals surface area contributed by atoms with Crippen LogP contribution in [0.5, 0.6) is 0 Å². The van der Waals surface area contributed by atoms with Gasteiger partial charge >= 0.3 is 12.1 Å². The van der Waals surface area contributed by atoms with Crippen molar-refractivity contribution in [2.75, 3.05) is 13.2 Å². The minimum Gasteiger partial charge on any atom is -0.447 e. The highest BCUT2D eigenvalue weighted by molar-refractivity contribution is 7.90. The molecule has 2 rings (SSSR count). The Morgan fingerprint density at radius 1 is 0.767 bits per heavy atom. The average molecular weight is 456 g/mol. The van der Waals surface area contributed by atoms with E-state index in [2.05, 4.69) is 10.1 Å². The van der Waals surface area contributed by atoms with Gasteiger partial charge in [0.05, 0.1) is 16.3 Å². The highest BCUT2D eigenvalue weighted by Gasteiger charge is 2.19. The molecule has 0 atom stereocenters. The van der Waals surface area contributed by atoms with Crippen LogP contribution < -0.4 is 14.8 Å². The van der Waals surface area contributed by atoms with Crippen molar-refractivity contribution in [2.45, 2.75) is 23.6 Å². The van der Waals surface area contributed by atoms with E-state index in [4.69, 9.17) is 0 Å². The topological polar surface area (TPSA) is 148 Å². The van der Waals surface area contributed by atoms with E-state index in [1.165, 1.54) is 24.3 Å². The van der Waals surface area contributed by atoms with Crippen LogP contribution >= 0.6 is 0 Å². The first kappa shape index (κ1) is 23.2. The van der Waals surface area contributed by atoms with Gasteiger partial charge in [0.15, 0.2) is 0 Å². The van der Waals surface area contributed by atoms with E-state index >= 15 is 0 Å². The summed E-state index contributed by atoms with van der Waals surface area (Å²) in [4.78, 5) is 23.2. The monoisotopic (exact) mass is 455 g/mol. The number of ether oxygens (including phenoxy) is 1. The number of urea groups is 1. The maximum Gasteiger partial charge on any atom is 0.421 e. The third-order valence-corrected chi connectivity index (χ3v) is 6.40. The van der Waals surface area contributed by atoms with Gasteiger partial charge in [-0.15, -0.1) is 0 Å². The second-order valence-electron chi connectivity index (χ2n) is 6.23. The highest BCUT2D eigenvalue weighted by atomic mass is 32.2. The molecule has 0 aliphatic rings. The maximum atomic E-state index is 12.1. The van der Waals surface area contributed by atoms with Crippen molar-refractivity contribution in [1.82, 2.24) is 14.8 Å². The van der Waals surface area contributed by atoms with Gasteiger partial charge in [-0.2, -0.15) is 0 Å². The van der Waals surface area contributed by atoms with Crippen molar-refractivity contribution in [3.63, 3.8) is 0 Å². The van der Waals surface area contributed by atoms with Gasteiger partial charge in [0.1, 0.15) is 6.61 Å². The number of carbonyl (C=O) groups excluding carboxylic acids is 2. The molecule has 0 saturated carbocycles. The molecule has 2 aromatic carbocycles. The minimum atomic E-state index is -4.09. The Hall–Kier alpha value is -3.12. The van der Waals surface area contributed by atoms with E-state index in [-0.39, 0.29) is 22.9 Å². The molecule has 3 amide bonds. The molecule has 0 fully saturated rings. The van der Waals surface area contributed by atoms with Crippen LogP contribution in [0.25, 0.3) is 0 Å². The summed E-state index contributed by atoms with van der Waals surface area (Å²) >= 11 is 0. The fourth-order valence-corrected chi connectivity index (χ4v) is 3.98. The molecule has 0 unspecified atom stereocenters. The van der Waals surface area contributed by atoms with Crippen molar-refractivity contribution in [2.24, 2.45) is 0 Å². The Morgan fingerprint density at radius 2 is 1.20 bits per heavy atom. The first-order valence-electron chi connectivity index (χ1n) is 8.63. The summed E-state index contributed by atoms with van der Waals surface area (Å²) in [5.74, 6) is 0. The van der Waals surface area contributed by atoms with E-state index in [1.54, 1.807) is 42.8 Å². The summed E-state index contributed by atoms with van der Waals surface area (Å²) in [6, 6.07) is 10.7. The molecule has 3 N–H and O–H groups in total. The molecule has 0 aliphatic carbocycles. The fourth-order valence-electron chi connectivity index (χ4n) is 2.16. The maximum absolute atomic E-state index is 12.1. The molecule has 0 bridgehead atoms. The van der Waals surface area contributed by atoms with Crippen LogP contribution in [0.15, 0.2) is 58.3 Å². The SMILES string of the molecule is Cc1ccc(S(=O)(=O)NC(=O)NCCOC(=O)NS(=O)(=O)c2ccc(C)cc2)cc1. The standard InChI is InChI=1S/C18H21N3O7S2/c1-13-3-7-15(8-4-13)29(24,25)20-17(22)19-11-12-28-18(23)21-30(26,27)16-9-5-14(2)6-10-16/h3-10H,11-12H2,1-2H3,(H,21,23)(H2,19,20,22). The number of carbonyl (C=O) groups is 2. The Morgan fingerprint density at radius 3 is 1.67 bits per heavy atom. The molecule has 2 aromatic rings. The summed E-state index contributed by atoms with van der Waals surface area (Å²) in [6.45, 7) is 2.95. The van der Waals surface area contributed by atoms with Gasteiger partial charge in [0, 0.05) is 0 Å². The van der Waals surface area contributed by atoms with Crippen LogP contribution in [-0.4, -0.2) is 42.1 Å². The molecule has 0 aliphatic heterocycles. The summed E-state index contributed by atoms with van der Waals surface area (Å²) < 4.78 is 56.5. The van der Waals surface area contributed by atoms with Gasteiger partial charge in [-0.1, -0.05) is 35.4 Å². The van der Waals surface area contributed by atoms with Crippen molar-refractivity contribution >= 4 is 32.2 Å². The average Bonchev–Trinajstić information content (AvgIpc) is 2.65. The number of hydrogen-bond donors (Lipinski definition) is 3. The van der Waals surface area contributed by atoms with Crippen molar-refractivity contribution in [3.05, 3.63) is 59.7 Å². The van der Waals surface area contributed by atoms with Crippen molar-refractivity contribution < 1.29 is 31.2 Å². The number of nitrogens with one attached hydrogen (secondary N) is 3. The number of aryl methyl sites for hydroxylation is 2. The lowest BCUT2D eigenvalue weighted by molar-refractivity contribution is 0.153. The van der Waals surface area contributed by atoms with Crippen LogP contribution in [0, 0.1) is 13.8 Å². The predicted octanol–water partition coefficient (Wildman–Crippen LogP) is 1.41. The zero-order valence-electron chi connectivity index (χ0n) is 16.2. The molecular weight excluding hydrogens is 434 g/mol. The van der Waals surface area contributed by atoms with E-state index in [9.17, 15) is 26.4 Å². The Bertz CT molecular complexity index is 1020. The first-order valence-corrected chi connectivity index (χ1v) is 11.6. The molecule has 0 spiro atoms. The van der Waals surface area contributed by atoms with Crippen LogP contribution in [0.1, 0.15) is 11.1 Å². The molecule has 0 saturated heterocycles. The van der Waals surface area contributed by atoms with Crippen LogP contribution in [0.4, 0.5) is 9.59 Å². The van der Waals surface area contributed by atoms with Crippen molar-refractivity contribution in [1.29, 1.82) is 0 Å². The summed E-state index contributed by atoms with van der Waals surface area (Å²) in [6.07, 6.45) is -1.23. The molecule has 0 heterocycles. The van der Waals surface area contributed by atoms with Gasteiger partial charge < -0.3 is 10.1 Å². The van der Waals surface area contributed by atoms with Gasteiger partial charge in [0.25, 0.3) is 20.0 Å². The number of amides is 3. The Balaban J connectivity index is 1.77. The minimum absolute atomic E-state index is 0.0832. The van der Waals surface area contributed by atoms with E-state index in [1.807, 2.05) is 4.72 Å². The lowest BCUT2D eigenvalue weighted by Gasteiger charge is -2.10. The van der Waals surface area contributed by atoms with E-state index in [0.29, 0.717) is 0 Å². The number of hydrogen-bond acceptors (Lipinski definition) is 7. The first-order chi connectivity index (χ1) is 14.0. The predicted molar refractivity (Wildman–Crippen MR) is 108 cm³/mol. The second-order valence-corrected chi connectivity index (χ2v) is 9.59. The molecule has 162 valence electrons. The molecule has 0 aromatic heterocycles. The summed E-state index contributed by atoms with van der Waals surface area (Å²) in [7, 11) is -8.14. The third-order valence-electron chi connectivity index (χ3n) is 3.73. The van der Waals surface area contributed by atoms with E-state index in [0.717, 1.165) is 11.1 Å². The molecular formula is C18H21N3O7S2. The van der Waals surface area contributed by atoms with Crippen LogP contribution in [0.2, 0.25) is 0 Å². The number of rotatable bonds is 7. The molecule has 12 heteroatoms. The van der Waals surface area contributed by atoms with Crippen LogP contribution in [0.3, 0.4) is 0 Å². The molecule has 10 nitrogen and oxygen atoms in total. The normalized spacial score (nSPS) is 11.4. The molecule has 0 radical (unpaired) electrons. The number of benzene rings is 2. The van der Waals surface area contributed by atoms with Crippen LogP contribution in [-0.2, 0) is 24.8 Å². The fraction of sp³-hybridized carbons (Fsp3) is 0.222. The van der Waals surface area contributed by atoms with Gasteiger partial charge in [-0.3, -0.25) is 0 Å². The van der Waals surface area contributed by atoms with Gasteiger partial charge in [0.2, 0.25) is 0 Å². The summed E-state index contributed by atoms with van der Waals surface area (Å²) in [5, 5.41) is 2.19. The third kappa shape index (κ3) is 6.74.